The minimum absolute atomic E-state index is 0.0803. The summed E-state index contributed by atoms with van der Waals surface area (Å²) in [7, 11) is 1.55. The van der Waals surface area contributed by atoms with Gasteiger partial charge in [0.25, 0.3) is 11.8 Å². The second-order valence-corrected chi connectivity index (χ2v) is 8.13. The molecule has 1 aliphatic heterocycles. The highest BCUT2D eigenvalue weighted by molar-refractivity contribution is 14.1. The lowest BCUT2D eigenvalue weighted by Gasteiger charge is -2.26. The minimum Gasteiger partial charge on any atom is -0.496 e. The first-order chi connectivity index (χ1) is 16.0. The number of morpholine rings is 1. The molecule has 2 amide bonds. The van der Waals surface area contributed by atoms with Gasteiger partial charge in [0.1, 0.15) is 5.75 Å². The smallest absolute Gasteiger partial charge is 0.271 e. The lowest BCUT2D eigenvalue weighted by atomic mass is 10.2. The molecule has 9 nitrogen and oxygen atoms in total. The van der Waals surface area contributed by atoms with Crippen LogP contribution in [0.5, 0.6) is 17.2 Å². The van der Waals surface area contributed by atoms with Crippen LogP contribution in [0.15, 0.2) is 41.5 Å². The summed E-state index contributed by atoms with van der Waals surface area (Å²) in [6.45, 7) is 4.42. The van der Waals surface area contributed by atoms with E-state index in [1.807, 2.05) is 6.92 Å². The maximum Gasteiger partial charge on any atom is 0.271 e. The lowest BCUT2D eigenvalue weighted by molar-refractivity contribution is -0.137. The van der Waals surface area contributed by atoms with Crippen molar-refractivity contribution in [3.05, 3.63) is 51.1 Å². The number of benzene rings is 2. The van der Waals surface area contributed by atoms with Crippen molar-refractivity contribution in [2.75, 3.05) is 46.6 Å². The molecule has 1 aliphatic rings. The van der Waals surface area contributed by atoms with Gasteiger partial charge in [0, 0.05) is 18.7 Å². The van der Waals surface area contributed by atoms with E-state index in [2.05, 4.69) is 33.1 Å². The maximum atomic E-state index is 12.3. The van der Waals surface area contributed by atoms with Crippen LogP contribution in [0.25, 0.3) is 0 Å². The van der Waals surface area contributed by atoms with Crippen molar-refractivity contribution in [2.24, 2.45) is 5.10 Å². The third-order valence-electron chi connectivity index (χ3n) is 4.78. The van der Waals surface area contributed by atoms with E-state index in [1.165, 1.54) is 6.21 Å². The van der Waals surface area contributed by atoms with E-state index in [0.29, 0.717) is 61.3 Å². The molecule has 2 aromatic rings. The Balaban J connectivity index is 1.61. The van der Waals surface area contributed by atoms with E-state index in [9.17, 15) is 9.59 Å². The summed E-state index contributed by atoms with van der Waals surface area (Å²) in [5.74, 6) is 1.13. The number of hydrogen-bond donors (Lipinski definition) is 1. The molecule has 0 saturated carbocycles. The Bertz CT molecular complexity index is 1010. The van der Waals surface area contributed by atoms with Crippen LogP contribution in [0.1, 0.15) is 22.8 Å². The number of hydrazone groups is 1. The molecule has 1 fully saturated rings. The first-order valence-corrected chi connectivity index (χ1v) is 11.5. The highest BCUT2D eigenvalue weighted by Crippen LogP contribution is 2.28. The molecule has 1 N–H and O–H groups in total. The van der Waals surface area contributed by atoms with Crippen molar-refractivity contribution >= 4 is 40.6 Å². The molecule has 176 valence electrons. The molecule has 2 aromatic carbocycles. The van der Waals surface area contributed by atoms with E-state index >= 15 is 0 Å². The Morgan fingerprint density at radius 2 is 1.91 bits per heavy atom. The molecule has 0 aliphatic carbocycles. The molecule has 33 heavy (non-hydrogen) atoms. The second kappa shape index (κ2) is 12.4. The number of halogens is 1. The minimum atomic E-state index is -0.354. The van der Waals surface area contributed by atoms with Gasteiger partial charge in [0.05, 0.1) is 36.7 Å². The summed E-state index contributed by atoms with van der Waals surface area (Å²) in [5, 5.41) is 4.03. The zero-order valence-electron chi connectivity index (χ0n) is 18.5. The van der Waals surface area contributed by atoms with Gasteiger partial charge in [-0.25, -0.2) is 5.43 Å². The quantitative estimate of drug-likeness (QED) is 0.285. The van der Waals surface area contributed by atoms with Gasteiger partial charge in [0.15, 0.2) is 18.1 Å². The lowest BCUT2D eigenvalue weighted by Crippen LogP contribution is -2.43. The Labute approximate surface area is 206 Å². The third-order valence-corrected chi connectivity index (χ3v) is 5.67. The van der Waals surface area contributed by atoms with Crippen molar-refractivity contribution in [2.45, 2.75) is 6.92 Å². The molecule has 0 spiro atoms. The van der Waals surface area contributed by atoms with Gasteiger partial charge in [-0.3, -0.25) is 9.59 Å². The molecule has 0 aromatic heterocycles. The van der Waals surface area contributed by atoms with E-state index in [-0.39, 0.29) is 18.4 Å². The molecule has 0 bridgehead atoms. The number of nitrogens with zero attached hydrogens (tertiary/aromatic N) is 2. The summed E-state index contributed by atoms with van der Waals surface area (Å²) < 4.78 is 22.8. The van der Waals surface area contributed by atoms with Gasteiger partial charge in [0.2, 0.25) is 0 Å². The fraction of sp³-hybridized carbons (Fsp3) is 0.348. The summed E-state index contributed by atoms with van der Waals surface area (Å²) in [5.41, 5.74) is 3.64. The molecule has 0 unspecified atom stereocenters. The van der Waals surface area contributed by atoms with Crippen LogP contribution < -0.4 is 19.6 Å². The van der Waals surface area contributed by atoms with E-state index in [1.54, 1.807) is 48.4 Å². The highest BCUT2D eigenvalue weighted by Gasteiger charge is 2.18. The topological polar surface area (TPSA) is 98.7 Å². The number of amides is 2. The van der Waals surface area contributed by atoms with Crippen molar-refractivity contribution < 1.29 is 28.5 Å². The Kier molecular flexibility index (Phi) is 9.31. The molecule has 10 heteroatoms. The highest BCUT2D eigenvalue weighted by atomic mass is 127. The molecular weight excluding hydrogens is 541 g/mol. The van der Waals surface area contributed by atoms with Crippen LogP contribution in [-0.2, 0) is 9.53 Å². The van der Waals surface area contributed by atoms with Gasteiger partial charge in [-0.1, -0.05) is 0 Å². The summed E-state index contributed by atoms with van der Waals surface area (Å²) >= 11 is 2.14. The van der Waals surface area contributed by atoms with Gasteiger partial charge in [-0.15, -0.1) is 0 Å². The van der Waals surface area contributed by atoms with E-state index in [0.717, 1.165) is 3.57 Å². The standard InChI is InChI=1S/C23H26IN3O6/c1-3-32-21-12-16(4-7-19(21)33-15-22(28)27-8-10-31-11-9-27)14-25-26-23(29)17-5-6-18(24)20(13-17)30-2/h4-7,12-14H,3,8-11,15H2,1-2H3,(H,26,29)/b25-14+. The number of carbonyl (C=O) groups excluding carboxylic acids is 2. The predicted octanol–water partition coefficient (Wildman–Crippen LogP) is 2.70. The van der Waals surface area contributed by atoms with Crippen molar-refractivity contribution in [1.82, 2.24) is 10.3 Å². The molecule has 1 saturated heterocycles. The zero-order valence-corrected chi connectivity index (χ0v) is 20.7. The average molecular weight is 567 g/mol. The van der Waals surface area contributed by atoms with Gasteiger partial charge >= 0.3 is 0 Å². The fourth-order valence-electron chi connectivity index (χ4n) is 3.07. The number of methoxy groups -OCH3 is 1. The van der Waals surface area contributed by atoms with Crippen LogP contribution in [0.3, 0.4) is 0 Å². The molecule has 0 atom stereocenters. The van der Waals surface area contributed by atoms with Crippen molar-refractivity contribution in [3.63, 3.8) is 0 Å². The van der Waals surface area contributed by atoms with Crippen LogP contribution >= 0.6 is 22.6 Å². The Hall–Kier alpha value is -2.86. The van der Waals surface area contributed by atoms with Crippen molar-refractivity contribution in [1.29, 1.82) is 0 Å². The van der Waals surface area contributed by atoms with Crippen LogP contribution in [0.4, 0.5) is 0 Å². The SMILES string of the molecule is CCOc1cc(/C=N/NC(=O)c2ccc(I)c(OC)c2)ccc1OCC(=O)N1CCOCC1. The third kappa shape index (κ3) is 7.06. The van der Waals surface area contributed by atoms with Crippen LogP contribution in [0, 0.1) is 3.57 Å². The number of ether oxygens (including phenoxy) is 4. The maximum absolute atomic E-state index is 12.3. The first kappa shape index (κ1) is 24.8. The van der Waals surface area contributed by atoms with E-state index in [4.69, 9.17) is 18.9 Å². The summed E-state index contributed by atoms with van der Waals surface area (Å²) in [4.78, 5) is 26.4. The Morgan fingerprint density at radius 1 is 1.12 bits per heavy atom. The largest absolute Gasteiger partial charge is 0.496 e. The number of nitrogens with one attached hydrogen (secondary N) is 1. The van der Waals surface area contributed by atoms with Gasteiger partial charge < -0.3 is 23.8 Å². The fourth-order valence-corrected chi connectivity index (χ4v) is 3.62. The monoisotopic (exact) mass is 567 g/mol. The summed E-state index contributed by atoms with van der Waals surface area (Å²) in [6, 6.07) is 10.4. The normalized spacial score (nSPS) is 13.6. The number of hydrogen-bond acceptors (Lipinski definition) is 7. The average Bonchev–Trinajstić information content (AvgIpc) is 2.84. The first-order valence-electron chi connectivity index (χ1n) is 10.4. The predicted molar refractivity (Wildman–Crippen MR) is 131 cm³/mol. The number of rotatable bonds is 9. The molecular formula is C23H26IN3O6. The zero-order chi connectivity index (χ0) is 23.6. The van der Waals surface area contributed by atoms with Crippen LogP contribution in [0.2, 0.25) is 0 Å². The van der Waals surface area contributed by atoms with Gasteiger partial charge in [-0.2, -0.15) is 5.10 Å². The van der Waals surface area contributed by atoms with Crippen LogP contribution in [-0.4, -0.2) is 69.6 Å². The second-order valence-electron chi connectivity index (χ2n) is 6.97. The molecule has 0 radical (unpaired) electrons. The van der Waals surface area contributed by atoms with Crippen molar-refractivity contribution in [3.8, 4) is 17.2 Å². The number of carbonyl (C=O) groups is 2. The Morgan fingerprint density at radius 3 is 2.64 bits per heavy atom. The summed E-state index contributed by atoms with van der Waals surface area (Å²) in [6.07, 6.45) is 1.51. The van der Waals surface area contributed by atoms with Gasteiger partial charge in [-0.05, 0) is 71.5 Å². The molecule has 1 heterocycles. The molecule has 3 rings (SSSR count). The van der Waals surface area contributed by atoms with E-state index < -0.39 is 0 Å².